The van der Waals surface area contributed by atoms with Crippen molar-refractivity contribution in [1.29, 1.82) is 0 Å². The van der Waals surface area contributed by atoms with Crippen LogP contribution in [0.25, 0.3) is 17.1 Å². The largest absolute Gasteiger partial charge is 0.341 e. The minimum absolute atomic E-state index is 0.266. The van der Waals surface area contributed by atoms with Crippen LogP contribution in [0.1, 0.15) is 57.3 Å². The van der Waals surface area contributed by atoms with Crippen molar-refractivity contribution in [1.82, 2.24) is 20.3 Å². The van der Waals surface area contributed by atoms with Gasteiger partial charge < -0.3 is 9.88 Å². The van der Waals surface area contributed by atoms with Gasteiger partial charge in [0.05, 0.1) is 11.0 Å². The molecule has 3 N–H and O–H groups in total. The molecule has 152 valence electrons. The van der Waals surface area contributed by atoms with Gasteiger partial charge in [-0.15, -0.1) is 0 Å². The van der Waals surface area contributed by atoms with E-state index < -0.39 is 5.91 Å². The summed E-state index contributed by atoms with van der Waals surface area (Å²) in [6.07, 6.45) is 10.6. The minimum atomic E-state index is -0.552. The lowest BCUT2D eigenvalue weighted by Gasteiger charge is -2.19. The summed E-state index contributed by atoms with van der Waals surface area (Å²) in [6, 6.07) is 5.82. The second-order valence-corrected chi connectivity index (χ2v) is 6.82. The van der Waals surface area contributed by atoms with Gasteiger partial charge in [0.15, 0.2) is 0 Å². The molecule has 0 aliphatic carbocycles. The predicted octanol–water partition coefficient (Wildman–Crippen LogP) is 4.25. The van der Waals surface area contributed by atoms with Crippen LogP contribution in [0.4, 0.5) is 0 Å². The molecule has 1 unspecified atom stereocenters. The number of fused-ring (bicyclic) bond motifs is 1. The van der Waals surface area contributed by atoms with Crippen molar-refractivity contribution in [3.63, 3.8) is 0 Å². The molecule has 0 fully saturated rings. The van der Waals surface area contributed by atoms with Crippen LogP contribution >= 0.6 is 0 Å². The third-order valence-corrected chi connectivity index (χ3v) is 4.90. The number of aromatic nitrogens is 2. The fraction of sp³-hybridized carbons (Fsp3) is 0.455. The molecular formula is C22H32N4O2. The highest BCUT2D eigenvalue weighted by molar-refractivity contribution is 5.91. The van der Waals surface area contributed by atoms with E-state index in [1.165, 1.54) is 6.08 Å². The number of aromatic amines is 1. The molecule has 1 aromatic heterocycles. The number of hydrogen-bond donors (Lipinski definition) is 3. The van der Waals surface area contributed by atoms with Gasteiger partial charge in [-0.3, -0.25) is 10.0 Å². The van der Waals surface area contributed by atoms with Crippen LogP contribution in [0.3, 0.4) is 0 Å². The quantitative estimate of drug-likeness (QED) is 0.234. The zero-order valence-corrected chi connectivity index (χ0v) is 17.1. The molecule has 6 nitrogen and oxygen atoms in total. The number of carbonyl (C=O) groups excluding carboxylic acids is 1. The van der Waals surface area contributed by atoms with Crippen LogP contribution in [-0.2, 0) is 4.79 Å². The highest BCUT2D eigenvalue weighted by Crippen LogP contribution is 2.24. The van der Waals surface area contributed by atoms with Gasteiger partial charge in [0.25, 0.3) is 5.91 Å². The molecule has 0 saturated carbocycles. The van der Waals surface area contributed by atoms with Gasteiger partial charge in [0, 0.05) is 12.0 Å². The van der Waals surface area contributed by atoms with E-state index >= 15 is 0 Å². The number of nitrogens with zero attached hydrogens (tertiary/aromatic N) is 2. The highest BCUT2D eigenvalue weighted by Gasteiger charge is 2.14. The van der Waals surface area contributed by atoms with Gasteiger partial charge in [-0.05, 0) is 62.7 Å². The second kappa shape index (κ2) is 11.4. The van der Waals surface area contributed by atoms with E-state index in [9.17, 15) is 4.79 Å². The lowest BCUT2D eigenvalue weighted by atomic mass is 10.0. The number of allylic oxidation sites excluding steroid dienone is 2. The van der Waals surface area contributed by atoms with Gasteiger partial charge in [0.1, 0.15) is 5.82 Å². The molecular weight excluding hydrogens is 352 g/mol. The Labute approximate surface area is 167 Å². The number of imidazole rings is 1. The van der Waals surface area contributed by atoms with E-state index in [4.69, 9.17) is 10.2 Å². The summed E-state index contributed by atoms with van der Waals surface area (Å²) < 4.78 is 0. The van der Waals surface area contributed by atoms with Gasteiger partial charge >= 0.3 is 0 Å². The average molecular weight is 385 g/mol. The van der Waals surface area contributed by atoms with Crippen molar-refractivity contribution in [2.45, 2.75) is 46.0 Å². The smallest absolute Gasteiger partial charge is 0.267 e. The first-order valence-electron chi connectivity index (χ1n) is 10.1. The number of H-pyrrole nitrogens is 1. The maximum absolute atomic E-state index is 11.2. The topological polar surface area (TPSA) is 81.2 Å². The van der Waals surface area contributed by atoms with Crippen LogP contribution in [0, 0.1) is 0 Å². The van der Waals surface area contributed by atoms with Crippen LogP contribution in [0.5, 0.6) is 0 Å². The van der Waals surface area contributed by atoms with E-state index in [0.717, 1.165) is 61.3 Å². The highest BCUT2D eigenvalue weighted by atomic mass is 16.5. The third kappa shape index (κ3) is 6.32. The van der Waals surface area contributed by atoms with Crippen molar-refractivity contribution >= 4 is 23.0 Å². The summed E-state index contributed by atoms with van der Waals surface area (Å²) in [5, 5.41) is 8.58. The molecule has 1 atom stereocenters. The number of nitrogens with one attached hydrogen (secondary N) is 2. The average Bonchev–Trinajstić information content (AvgIpc) is 3.14. The van der Waals surface area contributed by atoms with Crippen LogP contribution in [0.15, 0.2) is 36.4 Å². The van der Waals surface area contributed by atoms with Crippen molar-refractivity contribution in [2.24, 2.45) is 0 Å². The first-order chi connectivity index (χ1) is 13.6. The maximum atomic E-state index is 11.2. The van der Waals surface area contributed by atoms with Crippen molar-refractivity contribution in [3.8, 4) is 0 Å². The monoisotopic (exact) mass is 384 g/mol. The molecule has 28 heavy (non-hydrogen) atoms. The lowest BCUT2D eigenvalue weighted by Crippen LogP contribution is -2.24. The zero-order chi connectivity index (χ0) is 20.4. The molecule has 0 aliphatic rings. The minimum Gasteiger partial charge on any atom is -0.341 e. The molecule has 1 heterocycles. The zero-order valence-electron chi connectivity index (χ0n) is 17.1. The Morgan fingerprint density at radius 3 is 2.79 bits per heavy atom. The number of hydrogen-bond acceptors (Lipinski definition) is 4. The van der Waals surface area contributed by atoms with E-state index in [0.29, 0.717) is 0 Å². The van der Waals surface area contributed by atoms with Crippen LogP contribution in [0.2, 0.25) is 0 Å². The Morgan fingerprint density at radius 1 is 1.32 bits per heavy atom. The number of rotatable bonds is 11. The summed E-state index contributed by atoms with van der Waals surface area (Å²) in [5.41, 5.74) is 4.32. The van der Waals surface area contributed by atoms with Crippen molar-refractivity contribution in [3.05, 3.63) is 47.8 Å². The predicted molar refractivity (Wildman–Crippen MR) is 114 cm³/mol. The van der Waals surface area contributed by atoms with Gasteiger partial charge in [-0.2, -0.15) is 0 Å². The molecule has 0 saturated heterocycles. The number of amides is 1. The molecule has 6 heteroatoms. The fourth-order valence-corrected chi connectivity index (χ4v) is 3.23. The van der Waals surface area contributed by atoms with Crippen LogP contribution < -0.4 is 5.48 Å². The van der Waals surface area contributed by atoms with Crippen molar-refractivity contribution in [2.75, 3.05) is 19.6 Å². The van der Waals surface area contributed by atoms with Crippen LogP contribution in [-0.4, -0.2) is 45.6 Å². The summed E-state index contributed by atoms with van der Waals surface area (Å²) in [4.78, 5) is 21.8. The number of benzene rings is 1. The SMILES string of the molecule is CCC=CC(CCCN(CC)CC)c1nc2ccc(C=CC(=O)NO)cc2[nH]1. The summed E-state index contributed by atoms with van der Waals surface area (Å²) in [7, 11) is 0. The standard InChI is InChI=1S/C22H32N4O2/c1-4-7-9-18(10-8-15-26(5-2)6-3)22-23-19-13-11-17(16-20(19)24-22)12-14-21(27)25-28/h7,9,11-14,16,18,28H,4-6,8,10,15H2,1-3H3,(H,23,24)(H,25,27). The van der Waals surface area contributed by atoms with E-state index in [2.05, 4.69) is 42.8 Å². The van der Waals surface area contributed by atoms with E-state index in [1.807, 2.05) is 18.2 Å². The number of carbonyl (C=O) groups is 1. The van der Waals surface area contributed by atoms with E-state index in [1.54, 1.807) is 11.6 Å². The Kier molecular flexibility index (Phi) is 8.91. The third-order valence-electron chi connectivity index (χ3n) is 4.90. The Balaban J connectivity index is 2.16. The normalized spacial score (nSPS) is 13.2. The molecule has 2 rings (SSSR count). The molecule has 0 aliphatic heterocycles. The number of hydroxylamine groups is 1. The van der Waals surface area contributed by atoms with Gasteiger partial charge in [0.2, 0.25) is 0 Å². The molecule has 2 aromatic rings. The first-order valence-corrected chi connectivity index (χ1v) is 10.1. The van der Waals surface area contributed by atoms with E-state index in [-0.39, 0.29) is 5.92 Å². The molecule has 1 amide bonds. The molecule has 0 radical (unpaired) electrons. The Morgan fingerprint density at radius 2 is 2.11 bits per heavy atom. The van der Waals surface area contributed by atoms with Crippen molar-refractivity contribution < 1.29 is 10.0 Å². The van der Waals surface area contributed by atoms with Gasteiger partial charge in [-0.25, -0.2) is 10.5 Å². The van der Waals surface area contributed by atoms with Gasteiger partial charge in [-0.1, -0.05) is 39.0 Å². The first kappa shape index (κ1) is 21.9. The molecule has 1 aromatic carbocycles. The Bertz CT molecular complexity index is 806. The Hall–Kier alpha value is -2.44. The summed E-state index contributed by atoms with van der Waals surface area (Å²) in [6.45, 7) is 9.82. The maximum Gasteiger partial charge on any atom is 0.267 e. The summed E-state index contributed by atoms with van der Waals surface area (Å²) >= 11 is 0. The summed E-state index contributed by atoms with van der Waals surface area (Å²) in [5.74, 6) is 0.693. The lowest BCUT2D eigenvalue weighted by molar-refractivity contribution is -0.124. The fourth-order valence-electron chi connectivity index (χ4n) is 3.23. The molecule has 0 bridgehead atoms. The second-order valence-electron chi connectivity index (χ2n) is 6.82. The molecule has 0 spiro atoms.